The van der Waals surface area contributed by atoms with E-state index in [1.54, 1.807) is 0 Å². The van der Waals surface area contributed by atoms with Crippen LogP contribution in [0, 0.1) is 9.49 Å². The molecule has 0 aliphatic rings. The molecule has 0 aliphatic carbocycles. The van der Waals surface area contributed by atoms with Gasteiger partial charge in [-0.2, -0.15) is 0 Å². The van der Waals surface area contributed by atoms with Gasteiger partial charge in [-0.1, -0.05) is 27.7 Å². The van der Waals surface area contributed by atoms with Gasteiger partial charge in [0.1, 0.15) is 11.6 Å². The highest BCUT2D eigenvalue weighted by Crippen LogP contribution is 2.21. The van der Waals surface area contributed by atoms with E-state index in [1.165, 1.54) is 5.69 Å². The van der Waals surface area contributed by atoms with Crippen molar-refractivity contribution in [2.45, 2.75) is 40.5 Å². The van der Waals surface area contributed by atoms with Crippen molar-refractivity contribution in [1.29, 1.82) is 0 Å². The molecule has 0 radical (unpaired) electrons. The molecule has 0 spiro atoms. The number of nitrogens with one attached hydrogen (secondary N) is 1. The molecule has 20 heavy (non-hydrogen) atoms. The van der Waals surface area contributed by atoms with E-state index in [0.717, 1.165) is 47.7 Å². The highest BCUT2D eigenvalue weighted by molar-refractivity contribution is 14.1. The molecule has 1 N–H and O–H groups in total. The van der Waals surface area contributed by atoms with Crippen LogP contribution in [0.3, 0.4) is 0 Å². The van der Waals surface area contributed by atoms with Crippen molar-refractivity contribution >= 4 is 28.4 Å². The van der Waals surface area contributed by atoms with Crippen LogP contribution in [0.2, 0.25) is 0 Å². The molecule has 114 valence electrons. The summed E-state index contributed by atoms with van der Waals surface area (Å²) >= 11 is 2.35. The van der Waals surface area contributed by atoms with Crippen molar-refractivity contribution in [1.82, 2.24) is 14.9 Å². The van der Waals surface area contributed by atoms with Crippen LogP contribution in [-0.2, 0) is 12.8 Å². The zero-order chi connectivity index (χ0) is 15.1. The van der Waals surface area contributed by atoms with Gasteiger partial charge in [0, 0.05) is 20.0 Å². The van der Waals surface area contributed by atoms with Crippen molar-refractivity contribution in [3.8, 4) is 0 Å². The lowest BCUT2D eigenvalue weighted by Gasteiger charge is -2.18. The maximum Gasteiger partial charge on any atom is 0.143 e. The molecule has 0 atom stereocenters. The van der Waals surface area contributed by atoms with Gasteiger partial charge in [0.15, 0.2) is 0 Å². The van der Waals surface area contributed by atoms with Gasteiger partial charge in [0.05, 0.1) is 9.26 Å². The number of hydrogen-bond donors (Lipinski definition) is 1. The fourth-order valence-electron chi connectivity index (χ4n) is 2.14. The summed E-state index contributed by atoms with van der Waals surface area (Å²) in [6.45, 7) is 12.0. The maximum absolute atomic E-state index is 4.78. The lowest BCUT2D eigenvalue weighted by Crippen LogP contribution is -2.26. The average molecular weight is 390 g/mol. The van der Waals surface area contributed by atoms with Crippen molar-refractivity contribution in [3.63, 3.8) is 0 Å². The summed E-state index contributed by atoms with van der Waals surface area (Å²) < 4.78 is 1.16. The van der Waals surface area contributed by atoms with Crippen molar-refractivity contribution in [3.05, 3.63) is 15.1 Å². The van der Waals surface area contributed by atoms with Gasteiger partial charge in [0.25, 0.3) is 0 Å². The van der Waals surface area contributed by atoms with E-state index in [9.17, 15) is 0 Å². The second-order valence-electron chi connectivity index (χ2n) is 5.37. The van der Waals surface area contributed by atoms with E-state index >= 15 is 0 Å². The fourth-order valence-corrected chi connectivity index (χ4v) is 2.87. The minimum Gasteiger partial charge on any atom is -0.372 e. The van der Waals surface area contributed by atoms with E-state index in [-0.39, 0.29) is 0 Å². The third kappa shape index (κ3) is 5.16. The molecule has 0 saturated carbocycles. The van der Waals surface area contributed by atoms with Gasteiger partial charge >= 0.3 is 0 Å². The number of anilines is 1. The van der Waals surface area contributed by atoms with Crippen LogP contribution in [0.4, 0.5) is 5.82 Å². The summed E-state index contributed by atoms with van der Waals surface area (Å²) in [5.74, 6) is 2.53. The first kappa shape index (κ1) is 17.6. The van der Waals surface area contributed by atoms with Gasteiger partial charge in [-0.25, -0.2) is 9.97 Å². The van der Waals surface area contributed by atoms with Gasteiger partial charge in [-0.15, -0.1) is 0 Å². The molecule has 1 rings (SSSR count). The smallest absolute Gasteiger partial charge is 0.143 e. The molecule has 5 heteroatoms. The summed E-state index contributed by atoms with van der Waals surface area (Å²) in [6.07, 6.45) is 1.92. The molecule has 1 aromatic heterocycles. The topological polar surface area (TPSA) is 41.1 Å². The normalized spacial score (nSPS) is 11.4. The molecule has 0 fully saturated rings. The number of nitrogens with zero attached hydrogens (tertiary/aromatic N) is 3. The Hall–Kier alpha value is -0.430. The molecule has 0 unspecified atom stereocenters. The molecule has 1 aromatic rings. The van der Waals surface area contributed by atoms with Crippen LogP contribution in [0.25, 0.3) is 0 Å². The van der Waals surface area contributed by atoms with Crippen LogP contribution in [-0.4, -0.2) is 41.5 Å². The Kier molecular flexibility index (Phi) is 7.72. The van der Waals surface area contributed by atoms with Crippen molar-refractivity contribution < 1.29 is 0 Å². The van der Waals surface area contributed by atoms with E-state index in [1.807, 2.05) is 7.05 Å². The molecule has 0 amide bonds. The summed E-state index contributed by atoms with van der Waals surface area (Å²) in [5, 5.41) is 3.19. The lowest BCUT2D eigenvalue weighted by atomic mass is 10.1. The highest BCUT2D eigenvalue weighted by atomic mass is 127. The number of hydrogen-bond acceptors (Lipinski definition) is 4. The van der Waals surface area contributed by atoms with Crippen LogP contribution in [0.5, 0.6) is 0 Å². The zero-order valence-electron chi connectivity index (χ0n) is 13.3. The SMILES string of the molecule is CCN(CC)CCc1nc(CC(C)C)c(I)c(NC)n1. The first-order valence-corrected chi connectivity index (χ1v) is 8.55. The zero-order valence-corrected chi connectivity index (χ0v) is 15.5. The third-order valence-corrected chi connectivity index (χ3v) is 4.48. The molecular formula is C15H27IN4. The summed E-state index contributed by atoms with van der Waals surface area (Å²) in [7, 11) is 1.93. The molecule has 0 bridgehead atoms. The Labute approximate surface area is 136 Å². The minimum atomic E-state index is 0.610. The Bertz CT molecular complexity index is 417. The second kappa shape index (κ2) is 8.77. The summed E-state index contributed by atoms with van der Waals surface area (Å²) in [5.41, 5.74) is 1.18. The van der Waals surface area contributed by atoms with Crippen LogP contribution in [0.15, 0.2) is 0 Å². The minimum absolute atomic E-state index is 0.610. The van der Waals surface area contributed by atoms with Gasteiger partial charge < -0.3 is 10.2 Å². The average Bonchev–Trinajstić information content (AvgIpc) is 2.42. The van der Waals surface area contributed by atoms with Crippen LogP contribution < -0.4 is 5.32 Å². The lowest BCUT2D eigenvalue weighted by molar-refractivity contribution is 0.305. The van der Waals surface area contributed by atoms with Gasteiger partial charge in [0.2, 0.25) is 0 Å². The molecule has 0 aliphatic heterocycles. The van der Waals surface area contributed by atoms with E-state index in [2.05, 4.69) is 65.5 Å². The van der Waals surface area contributed by atoms with E-state index in [4.69, 9.17) is 4.98 Å². The largest absolute Gasteiger partial charge is 0.372 e. The molecule has 4 nitrogen and oxygen atoms in total. The number of rotatable bonds is 8. The summed E-state index contributed by atoms with van der Waals surface area (Å²) in [4.78, 5) is 11.8. The number of halogens is 1. The van der Waals surface area contributed by atoms with Crippen LogP contribution in [0.1, 0.15) is 39.2 Å². The summed E-state index contributed by atoms with van der Waals surface area (Å²) in [6, 6.07) is 0. The fraction of sp³-hybridized carbons (Fsp3) is 0.733. The first-order valence-electron chi connectivity index (χ1n) is 7.47. The molecule has 0 aromatic carbocycles. The van der Waals surface area contributed by atoms with Crippen molar-refractivity contribution in [2.75, 3.05) is 32.0 Å². The van der Waals surface area contributed by atoms with E-state index in [0.29, 0.717) is 5.92 Å². The van der Waals surface area contributed by atoms with E-state index < -0.39 is 0 Å². The standard InChI is InChI=1S/C15H27IN4/c1-6-20(7-2)9-8-13-18-12(10-11(3)4)14(16)15(17-5)19-13/h11H,6-10H2,1-5H3,(H,17,18,19). The van der Waals surface area contributed by atoms with Crippen molar-refractivity contribution in [2.24, 2.45) is 5.92 Å². The molecule has 1 heterocycles. The Morgan fingerprint density at radius 1 is 1.20 bits per heavy atom. The Morgan fingerprint density at radius 2 is 1.85 bits per heavy atom. The quantitative estimate of drug-likeness (QED) is 0.693. The molecular weight excluding hydrogens is 363 g/mol. The number of likely N-dealkylation sites (N-methyl/N-ethyl adjacent to an activating group) is 1. The first-order chi connectivity index (χ1) is 9.51. The monoisotopic (exact) mass is 390 g/mol. The van der Waals surface area contributed by atoms with Gasteiger partial charge in [-0.05, 0) is 48.0 Å². The maximum atomic E-state index is 4.78. The predicted octanol–water partition coefficient (Wildman–Crippen LogP) is 3.21. The predicted molar refractivity (Wildman–Crippen MR) is 94.3 cm³/mol. The Morgan fingerprint density at radius 3 is 2.35 bits per heavy atom. The van der Waals surface area contributed by atoms with Gasteiger partial charge in [-0.3, -0.25) is 0 Å². The third-order valence-electron chi connectivity index (χ3n) is 3.35. The second-order valence-corrected chi connectivity index (χ2v) is 6.45. The molecule has 0 saturated heterocycles. The Balaban J connectivity index is 2.90. The highest BCUT2D eigenvalue weighted by Gasteiger charge is 2.13. The van der Waals surface area contributed by atoms with Crippen LogP contribution >= 0.6 is 22.6 Å². The number of aromatic nitrogens is 2.